The van der Waals surface area contributed by atoms with Crippen LogP contribution in [-0.2, 0) is 14.3 Å². The Balaban J connectivity index is 2.46. The monoisotopic (exact) mass is 256 g/mol. The fourth-order valence-electron chi connectivity index (χ4n) is 2.50. The topological polar surface area (TPSA) is 63.6 Å². The predicted molar refractivity (Wildman–Crippen MR) is 68.2 cm³/mol. The number of carbonyl (C=O) groups excluding carboxylic acids is 1. The van der Waals surface area contributed by atoms with Crippen molar-refractivity contribution < 1.29 is 19.4 Å². The fraction of sp³-hybridized carbons (Fsp3) is 0.857. The normalized spacial score (nSPS) is 18.6. The Bertz CT molecular complexity index is 297. The summed E-state index contributed by atoms with van der Waals surface area (Å²) in [4.78, 5) is 22.8. The summed E-state index contributed by atoms with van der Waals surface area (Å²) in [6.45, 7) is 5.37. The van der Waals surface area contributed by atoms with Crippen LogP contribution in [0.2, 0.25) is 0 Å². The van der Waals surface area contributed by atoms with Gasteiger partial charge in [-0.05, 0) is 33.1 Å². The summed E-state index contributed by atoms with van der Waals surface area (Å²) >= 11 is 0. The van der Waals surface area contributed by atoms with E-state index in [4.69, 9.17) is 4.74 Å². The molecule has 1 rings (SSSR count). The van der Waals surface area contributed by atoms with Crippen LogP contribution < -0.4 is 0 Å². The Kier molecular flexibility index (Phi) is 5.17. The fourth-order valence-corrected chi connectivity index (χ4v) is 2.50. The molecule has 0 amide bonds. The van der Waals surface area contributed by atoms with Crippen molar-refractivity contribution in [3.63, 3.8) is 0 Å². The molecule has 0 spiro atoms. The van der Waals surface area contributed by atoms with Gasteiger partial charge in [0.15, 0.2) is 0 Å². The minimum atomic E-state index is -0.882. The van der Waals surface area contributed by atoms with Crippen LogP contribution in [-0.4, -0.2) is 22.6 Å². The van der Waals surface area contributed by atoms with Gasteiger partial charge in [-0.3, -0.25) is 9.59 Å². The molecule has 18 heavy (non-hydrogen) atoms. The maximum Gasteiger partial charge on any atom is 0.307 e. The van der Waals surface area contributed by atoms with E-state index in [-0.39, 0.29) is 6.42 Å². The summed E-state index contributed by atoms with van der Waals surface area (Å²) in [6.07, 6.45) is 5.15. The van der Waals surface area contributed by atoms with Gasteiger partial charge in [0.1, 0.15) is 5.60 Å². The second-order valence-electron chi connectivity index (χ2n) is 6.21. The molecule has 0 radical (unpaired) electrons. The molecule has 4 heteroatoms. The van der Waals surface area contributed by atoms with Crippen LogP contribution in [0.4, 0.5) is 0 Å². The third-order valence-electron chi connectivity index (χ3n) is 3.27. The van der Waals surface area contributed by atoms with Crippen molar-refractivity contribution in [3.05, 3.63) is 0 Å². The smallest absolute Gasteiger partial charge is 0.307 e. The molecule has 1 aliphatic rings. The molecule has 1 saturated carbocycles. The number of esters is 1. The first-order valence-corrected chi connectivity index (χ1v) is 6.72. The number of carboxylic acid groups (broad SMARTS) is 1. The van der Waals surface area contributed by atoms with Gasteiger partial charge in [-0.15, -0.1) is 0 Å². The Labute approximate surface area is 109 Å². The van der Waals surface area contributed by atoms with Gasteiger partial charge in [0.05, 0.1) is 12.3 Å². The average Bonchev–Trinajstić information content (AvgIpc) is 2.66. The van der Waals surface area contributed by atoms with E-state index in [9.17, 15) is 14.7 Å². The maximum absolute atomic E-state index is 11.7. The Hall–Kier alpha value is -1.06. The van der Waals surface area contributed by atoms with E-state index in [1.807, 2.05) is 0 Å². The van der Waals surface area contributed by atoms with Crippen LogP contribution >= 0.6 is 0 Å². The number of rotatable bonds is 5. The molecule has 0 aromatic heterocycles. The number of hydrogen-bond donors (Lipinski definition) is 1. The van der Waals surface area contributed by atoms with Crippen molar-refractivity contribution in [2.45, 2.75) is 64.9 Å². The molecule has 1 aliphatic carbocycles. The highest BCUT2D eigenvalue weighted by molar-refractivity contribution is 5.78. The van der Waals surface area contributed by atoms with E-state index in [1.54, 1.807) is 20.8 Å². The molecular weight excluding hydrogens is 232 g/mol. The molecule has 0 aromatic rings. The van der Waals surface area contributed by atoms with Crippen LogP contribution in [0.5, 0.6) is 0 Å². The van der Waals surface area contributed by atoms with Crippen LogP contribution in [0.15, 0.2) is 0 Å². The first-order valence-electron chi connectivity index (χ1n) is 6.72. The van der Waals surface area contributed by atoms with E-state index in [1.165, 1.54) is 12.8 Å². The summed E-state index contributed by atoms with van der Waals surface area (Å²) in [5, 5.41) is 9.17. The lowest BCUT2D eigenvalue weighted by Crippen LogP contribution is -2.28. The van der Waals surface area contributed by atoms with Gasteiger partial charge >= 0.3 is 11.9 Å². The summed E-state index contributed by atoms with van der Waals surface area (Å²) in [7, 11) is 0. The van der Waals surface area contributed by atoms with Crippen molar-refractivity contribution in [1.29, 1.82) is 0 Å². The van der Waals surface area contributed by atoms with Gasteiger partial charge in [0.2, 0.25) is 0 Å². The van der Waals surface area contributed by atoms with Crippen LogP contribution in [0.25, 0.3) is 0 Å². The molecule has 1 fully saturated rings. The SMILES string of the molecule is CC(C)(C)OC(=O)C[C@H](CC1CCCC1)C(=O)O. The second kappa shape index (κ2) is 6.21. The molecule has 104 valence electrons. The highest BCUT2D eigenvalue weighted by Crippen LogP contribution is 2.31. The second-order valence-corrected chi connectivity index (χ2v) is 6.21. The molecule has 0 heterocycles. The van der Waals surface area contributed by atoms with Gasteiger partial charge in [0.25, 0.3) is 0 Å². The molecule has 0 bridgehead atoms. The number of aliphatic carboxylic acids is 1. The maximum atomic E-state index is 11.7. The van der Waals surface area contributed by atoms with Gasteiger partial charge in [-0.25, -0.2) is 0 Å². The van der Waals surface area contributed by atoms with Gasteiger partial charge in [0, 0.05) is 0 Å². The number of ether oxygens (including phenoxy) is 1. The van der Waals surface area contributed by atoms with E-state index in [0.29, 0.717) is 12.3 Å². The molecule has 0 unspecified atom stereocenters. The standard InChI is InChI=1S/C14H24O4/c1-14(2,3)18-12(15)9-11(13(16)17)8-10-6-4-5-7-10/h10-11H,4-9H2,1-3H3,(H,16,17)/t11-/m0/s1. The van der Waals surface area contributed by atoms with E-state index < -0.39 is 23.5 Å². The first kappa shape index (κ1) is 15.0. The van der Waals surface area contributed by atoms with Crippen LogP contribution in [0.1, 0.15) is 59.3 Å². The minimum Gasteiger partial charge on any atom is -0.481 e. The number of carbonyl (C=O) groups is 2. The van der Waals surface area contributed by atoms with Crippen molar-refractivity contribution in [1.82, 2.24) is 0 Å². The average molecular weight is 256 g/mol. The van der Waals surface area contributed by atoms with E-state index in [0.717, 1.165) is 12.8 Å². The molecule has 0 aromatic carbocycles. The molecule has 4 nitrogen and oxygen atoms in total. The zero-order chi connectivity index (χ0) is 13.8. The van der Waals surface area contributed by atoms with Gasteiger partial charge < -0.3 is 9.84 Å². The lowest BCUT2D eigenvalue weighted by Gasteiger charge is -2.22. The Morgan fingerprint density at radius 3 is 2.28 bits per heavy atom. The quantitative estimate of drug-likeness (QED) is 0.768. The van der Waals surface area contributed by atoms with Crippen molar-refractivity contribution in [2.24, 2.45) is 11.8 Å². The summed E-state index contributed by atoms with van der Waals surface area (Å²) in [5.41, 5.74) is -0.548. The highest BCUT2D eigenvalue weighted by atomic mass is 16.6. The van der Waals surface area contributed by atoms with E-state index >= 15 is 0 Å². The zero-order valence-electron chi connectivity index (χ0n) is 11.6. The van der Waals surface area contributed by atoms with Gasteiger partial charge in [-0.1, -0.05) is 25.7 Å². The van der Waals surface area contributed by atoms with Crippen molar-refractivity contribution in [2.75, 3.05) is 0 Å². The first-order chi connectivity index (χ1) is 8.28. The molecular formula is C14H24O4. The highest BCUT2D eigenvalue weighted by Gasteiger charge is 2.28. The Morgan fingerprint density at radius 2 is 1.83 bits per heavy atom. The van der Waals surface area contributed by atoms with Crippen molar-refractivity contribution >= 4 is 11.9 Å². The van der Waals surface area contributed by atoms with Crippen LogP contribution in [0, 0.1) is 11.8 Å². The van der Waals surface area contributed by atoms with Crippen molar-refractivity contribution in [3.8, 4) is 0 Å². The third kappa shape index (κ3) is 5.52. The summed E-state index contributed by atoms with van der Waals surface area (Å²) in [5.74, 6) is -1.42. The number of hydrogen-bond acceptors (Lipinski definition) is 3. The third-order valence-corrected chi connectivity index (χ3v) is 3.27. The van der Waals surface area contributed by atoms with Gasteiger partial charge in [-0.2, -0.15) is 0 Å². The molecule has 0 saturated heterocycles. The van der Waals surface area contributed by atoms with E-state index in [2.05, 4.69) is 0 Å². The largest absolute Gasteiger partial charge is 0.481 e. The molecule has 1 atom stereocenters. The summed E-state index contributed by atoms with van der Waals surface area (Å²) in [6, 6.07) is 0. The number of carboxylic acids is 1. The molecule has 0 aliphatic heterocycles. The minimum absolute atomic E-state index is 0.0108. The van der Waals surface area contributed by atoms with Crippen LogP contribution in [0.3, 0.4) is 0 Å². The lowest BCUT2D eigenvalue weighted by atomic mass is 9.91. The Morgan fingerprint density at radius 1 is 1.28 bits per heavy atom. The molecule has 1 N–H and O–H groups in total. The lowest BCUT2D eigenvalue weighted by molar-refractivity contribution is -0.160. The predicted octanol–water partition coefficient (Wildman–Crippen LogP) is 3.00. The summed E-state index contributed by atoms with van der Waals surface area (Å²) < 4.78 is 5.18. The zero-order valence-corrected chi connectivity index (χ0v) is 11.6.